The number of hydrogen-bond acceptors (Lipinski definition) is 2. The molecule has 1 N–H and O–H groups in total. The largest absolute Gasteiger partial charge is 0.497 e. The Balaban J connectivity index is 2.40. The minimum atomic E-state index is -0.221. The molecule has 2 aromatic carbocycles. The Labute approximate surface area is 119 Å². The predicted molar refractivity (Wildman–Crippen MR) is 80.4 cm³/mol. The lowest BCUT2D eigenvalue weighted by Crippen LogP contribution is -2.22. The van der Waals surface area contributed by atoms with E-state index in [1.807, 2.05) is 24.3 Å². The SMILES string of the molecule is COc1ccc(-c2cccc(F)c2)c(CNC(C)C)c1. The fraction of sp³-hybridized carbons (Fsp3) is 0.294. The van der Waals surface area contributed by atoms with Crippen LogP contribution in [0.5, 0.6) is 5.75 Å². The molecule has 0 atom stereocenters. The monoisotopic (exact) mass is 273 g/mol. The second-order valence-corrected chi connectivity index (χ2v) is 5.07. The van der Waals surface area contributed by atoms with Gasteiger partial charge in [0.25, 0.3) is 0 Å². The highest BCUT2D eigenvalue weighted by atomic mass is 19.1. The zero-order valence-corrected chi connectivity index (χ0v) is 12.1. The molecule has 2 nitrogen and oxygen atoms in total. The van der Waals surface area contributed by atoms with Crippen LogP contribution in [0.3, 0.4) is 0 Å². The molecule has 106 valence electrons. The van der Waals surface area contributed by atoms with Gasteiger partial charge in [-0.05, 0) is 41.0 Å². The Bertz CT molecular complexity index is 581. The third kappa shape index (κ3) is 3.58. The molecule has 0 aliphatic carbocycles. The summed E-state index contributed by atoms with van der Waals surface area (Å²) in [6.45, 7) is 4.92. The first-order valence-electron chi connectivity index (χ1n) is 6.76. The molecule has 2 rings (SSSR count). The van der Waals surface area contributed by atoms with Gasteiger partial charge >= 0.3 is 0 Å². The van der Waals surface area contributed by atoms with Crippen LogP contribution in [0.2, 0.25) is 0 Å². The zero-order valence-electron chi connectivity index (χ0n) is 12.1. The summed E-state index contributed by atoms with van der Waals surface area (Å²) >= 11 is 0. The van der Waals surface area contributed by atoms with Crippen molar-refractivity contribution in [3.63, 3.8) is 0 Å². The van der Waals surface area contributed by atoms with E-state index in [4.69, 9.17) is 4.74 Å². The molecule has 20 heavy (non-hydrogen) atoms. The van der Waals surface area contributed by atoms with Crippen LogP contribution in [0.1, 0.15) is 19.4 Å². The Morgan fingerprint density at radius 2 is 1.95 bits per heavy atom. The first-order valence-corrected chi connectivity index (χ1v) is 6.76. The molecule has 0 spiro atoms. The van der Waals surface area contributed by atoms with Gasteiger partial charge in [0.05, 0.1) is 7.11 Å². The minimum Gasteiger partial charge on any atom is -0.497 e. The van der Waals surface area contributed by atoms with Crippen molar-refractivity contribution in [2.45, 2.75) is 26.4 Å². The van der Waals surface area contributed by atoms with Crippen molar-refractivity contribution in [1.82, 2.24) is 5.32 Å². The molecule has 0 heterocycles. The van der Waals surface area contributed by atoms with E-state index in [1.165, 1.54) is 6.07 Å². The number of hydrogen-bond donors (Lipinski definition) is 1. The maximum atomic E-state index is 13.4. The van der Waals surface area contributed by atoms with Crippen LogP contribution in [0, 0.1) is 5.82 Å². The van der Waals surface area contributed by atoms with Crippen LogP contribution in [0.25, 0.3) is 11.1 Å². The second kappa shape index (κ2) is 6.53. The minimum absolute atomic E-state index is 0.221. The number of methoxy groups -OCH3 is 1. The van der Waals surface area contributed by atoms with E-state index in [0.29, 0.717) is 6.04 Å². The Morgan fingerprint density at radius 3 is 2.60 bits per heavy atom. The number of benzene rings is 2. The molecule has 3 heteroatoms. The Hall–Kier alpha value is -1.87. The highest BCUT2D eigenvalue weighted by Crippen LogP contribution is 2.28. The number of rotatable bonds is 5. The lowest BCUT2D eigenvalue weighted by Gasteiger charge is -2.14. The van der Waals surface area contributed by atoms with Crippen LogP contribution in [0.15, 0.2) is 42.5 Å². The molecule has 0 bridgehead atoms. The predicted octanol–water partition coefficient (Wildman–Crippen LogP) is 4.00. The van der Waals surface area contributed by atoms with E-state index in [9.17, 15) is 4.39 Å². The molecule has 0 aromatic heterocycles. The average molecular weight is 273 g/mol. The summed E-state index contributed by atoms with van der Waals surface area (Å²) in [5.41, 5.74) is 3.01. The summed E-state index contributed by atoms with van der Waals surface area (Å²) < 4.78 is 18.7. The normalized spacial score (nSPS) is 10.8. The molecule has 0 aliphatic rings. The van der Waals surface area contributed by atoms with Gasteiger partial charge in [-0.25, -0.2) is 4.39 Å². The molecule has 0 unspecified atom stereocenters. The summed E-state index contributed by atoms with van der Waals surface area (Å²) in [5, 5.41) is 3.39. The van der Waals surface area contributed by atoms with E-state index < -0.39 is 0 Å². The third-order valence-corrected chi connectivity index (χ3v) is 3.15. The van der Waals surface area contributed by atoms with E-state index >= 15 is 0 Å². The van der Waals surface area contributed by atoms with E-state index in [2.05, 4.69) is 19.2 Å². The highest BCUT2D eigenvalue weighted by Gasteiger charge is 2.08. The van der Waals surface area contributed by atoms with Crippen molar-refractivity contribution in [3.8, 4) is 16.9 Å². The van der Waals surface area contributed by atoms with Crippen molar-refractivity contribution in [2.24, 2.45) is 0 Å². The summed E-state index contributed by atoms with van der Waals surface area (Å²) in [6, 6.07) is 12.9. The fourth-order valence-electron chi connectivity index (χ4n) is 2.10. The quantitative estimate of drug-likeness (QED) is 0.889. The lowest BCUT2D eigenvalue weighted by atomic mass is 9.99. The highest BCUT2D eigenvalue weighted by molar-refractivity contribution is 5.68. The summed E-state index contributed by atoms with van der Waals surface area (Å²) in [6.07, 6.45) is 0. The van der Waals surface area contributed by atoms with Crippen LogP contribution >= 0.6 is 0 Å². The van der Waals surface area contributed by atoms with Gasteiger partial charge in [-0.15, -0.1) is 0 Å². The fourth-order valence-corrected chi connectivity index (χ4v) is 2.10. The maximum Gasteiger partial charge on any atom is 0.123 e. The van der Waals surface area contributed by atoms with E-state index in [0.717, 1.165) is 29.0 Å². The topological polar surface area (TPSA) is 21.3 Å². The van der Waals surface area contributed by atoms with Gasteiger partial charge in [0.1, 0.15) is 11.6 Å². The van der Waals surface area contributed by atoms with Crippen molar-refractivity contribution in [3.05, 3.63) is 53.8 Å². The first kappa shape index (κ1) is 14.5. The summed E-state index contributed by atoms with van der Waals surface area (Å²) in [4.78, 5) is 0. The van der Waals surface area contributed by atoms with Gasteiger partial charge < -0.3 is 10.1 Å². The summed E-state index contributed by atoms with van der Waals surface area (Å²) in [5.74, 6) is 0.590. The smallest absolute Gasteiger partial charge is 0.123 e. The molecule has 0 saturated carbocycles. The van der Waals surface area contributed by atoms with E-state index in [1.54, 1.807) is 19.2 Å². The van der Waals surface area contributed by atoms with Crippen molar-refractivity contribution < 1.29 is 9.13 Å². The van der Waals surface area contributed by atoms with Gasteiger partial charge in [0.2, 0.25) is 0 Å². The van der Waals surface area contributed by atoms with E-state index in [-0.39, 0.29) is 5.82 Å². The lowest BCUT2D eigenvalue weighted by molar-refractivity contribution is 0.414. The Kier molecular flexibility index (Phi) is 4.74. The van der Waals surface area contributed by atoms with Crippen molar-refractivity contribution in [1.29, 1.82) is 0 Å². The molecular weight excluding hydrogens is 253 g/mol. The molecule has 0 amide bonds. The van der Waals surface area contributed by atoms with Crippen LogP contribution in [-0.2, 0) is 6.54 Å². The summed E-state index contributed by atoms with van der Waals surface area (Å²) in [7, 11) is 1.65. The van der Waals surface area contributed by atoms with Crippen LogP contribution in [0.4, 0.5) is 4.39 Å². The third-order valence-electron chi connectivity index (χ3n) is 3.15. The maximum absolute atomic E-state index is 13.4. The van der Waals surface area contributed by atoms with Crippen LogP contribution < -0.4 is 10.1 Å². The Morgan fingerprint density at radius 1 is 1.15 bits per heavy atom. The van der Waals surface area contributed by atoms with Crippen molar-refractivity contribution >= 4 is 0 Å². The molecule has 2 aromatic rings. The van der Waals surface area contributed by atoms with Gasteiger partial charge in [0, 0.05) is 12.6 Å². The zero-order chi connectivity index (χ0) is 14.5. The van der Waals surface area contributed by atoms with Gasteiger partial charge in [0.15, 0.2) is 0 Å². The molecule has 0 saturated heterocycles. The second-order valence-electron chi connectivity index (χ2n) is 5.07. The van der Waals surface area contributed by atoms with Crippen molar-refractivity contribution in [2.75, 3.05) is 7.11 Å². The molecular formula is C17H20FNO. The number of halogens is 1. The number of ether oxygens (including phenoxy) is 1. The first-order chi connectivity index (χ1) is 9.60. The van der Waals surface area contributed by atoms with Crippen LogP contribution in [-0.4, -0.2) is 13.2 Å². The standard InChI is InChI=1S/C17H20FNO/c1-12(2)19-11-14-10-16(20-3)7-8-17(14)13-5-4-6-15(18)9-13/h4-10,12,19H,11H2,1-3H3. The van der Waals surface area contributed by atoms with Gasteiger partial charge in [-0.1, -0.05) is 32.0 Å². The number of nitrogens with one attached hydrogen (secondary N) is 1. The average Bonchev–Trinajstić information content (AvgIpc) is 2.44. The van der Waals surface area contributed by atoms with Gasteiger partial charge in [-0.3, -0.25) is 0 Å². The van der Waals surface area contributed by atoms with Gasteiger partial charge in [-0.2, -0.15) is 0 Å². The molecule has 0 aliphatic heterocycles. The molecule has 0 fully saturated rings. The molecule has 0 radical (unpaired) electrons.